The van der Waals surface area contributed by atoms with Gasteiger partial charge in [-0.2, -0.15) is 0 Å². The summed E-state index contributed by atoms with van der Waals surface area (Å²) in [6.45, 7) is 2.81. The summed E-state index contributed by atoms with van der Waals surface area (Å²) in [5.74, 6) is -2.71. The molecule has 20 heavy (non-hydrogen) atoms. The third-order valence-electron chi connectivity index (χ3n) is 4.09. The molecule has 0 aromatic heterocycles. The lowest BCUT2D eigenvalue weighted by Crippen LogP contribution is -2.35. The van der Waals surface area contributed by atoms with Crippen LogP contribution in [0.4, 0.5) is 13.2 Å². The van der Waals surface area contributed by atoms with Gasteiger partial charge in [-0.3, -0.25) is 0 Å². The number of hydrogen-bond acceptors (Lipinski definition) is 1. The predicted molar refractivity (Wildman–Crippen MR) is 74.3 cm³/mol. The first-order valence-electron chi connectivity index (χ1n) is 7.39. The van der Waals surface area contributed by atoms with Crippen molar-refractivity contribution in [2.75, 3.05) is 6.54 Å². The number of rotatable bonds is 5. The van der Waals surface area contributed by atoms with E-state index in [9.17, 15) is 13.2 Å². The van der Waals surface area contributed by atoms with Crippen molar-refractivity contribution in [3.8, 4) is 0 Å². The Bertz CT molecular complexity index is 423. The Hall–Kier alpha value is -1.03. The summed E-state index contributed by atoms with van der Waals surface area (Å²) in [6.07, 6.45) is 1.66. The lowest BCUT2D eigenvalue weighted by molar-refractivity contribution is -0.0498. The van der Waals surface area contributed by atoms with Crippen LogP contribution in [0.2, 0.25) is 0 Å². The van der Waals surface area contributed by atoms with Crippen molar-refractivity contribution in [3.63, 3.8) is 0 Å². The molecule has 4 heteroatoms. The van der Waals surface area contributed by atoms with E-state index in [0.717, 1.165) is 13.0 Å². The van der Waals surface area contributed by atoms with Crippen molar-refractivity contribution in [1.29, 1.82) is 0 Å². The molecule has 1 aromatic carbocycles. The summed E-state index contributed by atoms with van der Waals surface area (Å²) in [4.78, 5) is 0. The number of alkyl halides is 2. The van der Waals surface area contributed by atoms with E-state index >= 15 is 0 Å². The van der Waals surface area contributed by atoms with E-state index in [0.29, 0.717) is 18.4 Å². The Kier molecular flexibility index (Phi) is 5.08. The molecule has 2 rings (SSSR count). The number of benzene rings is 1. The van der Waals surface area contributed by atoms with Gasteiger partial charge < -0.3 is 5.32 Å². The molecule has 1 N–H and O–H groups in total. The van der Waals surface area contributed by atoms with Crippen molar-refractivity contribution >= 4 is 0 Å². The van der Waals surface area contributed by atoms with E-state index < -0.39 is 5.92 Å². The maximum Gasteiger partial charge on any atom is 0.248 e. The van der Waals surface area contributed by atoms with Gasteiger partial charge in [-0.25, -0.2) is 13.2 Å². The molecule has 1 atom stereocenters. The Morgan fingerprint density at radius 2 is 1.90 bits per heavy atom. The summed E-state index contributed by atoms with van der Waals surface area (Å²) < 4.78 is 40.5. The topological polar surface area (TPSA) is 12.0 Å². The van der Waals surface area contributed by atoms with Crippen LogP contribution in [0.5, 0.6) is 0 Å². The first-order chi connectivity index (χ1) is 9.53. The highest BCUT2D eigenvalue weighted by Gasteiger charge is 2.38. The highest BCUT2D eigenvalue weighted by Crippen LogP contribution is 2.41. The summed E-state index contributed by atoms with van der Waals surface area (Å²) in [5, 5.41) is 3.34. The van der Waals surface area contributed by atoms with Crippen LogP contribution < -0.4 is 5.32 Å². The lowest BCUT2D eigenvalue weighted by Gasteiger charge is -2.34. The van der Waals surface area contributed by atoms with Crippen LogP contribution in [0.3, 0.4) is 0 Å². The molecule has 1 aliphatic rings. The van der Waals surface area contributed by atoms with Gasteiger partial charge >= 0.3 is 0 Å². The first kappa shape index (κ1) is 15.4. The van der Waals surface area contributed by atoms with Crippen LogP contribution in [-0.2, 0) is 0 Å². The second-order valence-corrected chi connectivity index (χ2v) is 5.65. The molecule has 1 nitrogen and oxygen atoms in total. The van der Waals surface area contributed by atoms with Crippen LogP contribution >= 0.6 is 0 Å². The van der Waals surface area contributed by atoms with E-state index in [4.69, 9.17) is 0 Å². The molecule has 0 bridgehead atoms. The largest absolute Gasteiger partial charge is 0.310 e. The smallest absolute Gasteiger partial charge is 0.248 e. The van der Waals surface area contributed by atoms with E-state index in [2.05, 4.69) is 5.32 Å². The Balaban J connectivity index is 2.14. The molecular weight excluding hydrogens is 263 g/mol. The van der Waals surface area contributed by atoms with Gasteiger partial charge in [-0.1, -0.05) is 25.1 Å². The Morgan fingerprint density at radius 1 is 1.25 bits per heavy atom. The molecule has 0 saturated heterocycles. The second-order valence-electron chi connectivity index (χ2n) is 5.65. The monoisotopic (exact) mass is 285 g/mol. The molecular formula is C16H22F3N. The zero-order chi connectivity index (χ0) is 14.6. The van der Waals surface area contributed by atoms with Crippen molar-refractivity contribution < 1.29 is 13.2 Å². The van der Waals surface area contributed by atoms with Gasteiger partial charge in [0.25, 0.3) is 0 Å². The number of halogens is 3. The Morgan fingerprint density at radius 3 is 2.50 bits per heavy atom. The SMILES string of the molecule is CCCNC(c1ccccc1F)C1CCC(F)(F)CC1. The molecule has 1 fully saturated rings. The van der Waals surface area contributed by atoms with E-state index in [1.807, 2.05) is 6.92 Å². The fourth-order valence-electron chi connectivity index (χ4n) is 2.95. The fraction of sp³-hybridized carbons (Fsp3) is 0.625. The van der Waals surface area contributed by atoms with Gasteiger partial charge in [-0.05, 0) is 37.8 Å². The summed E-state index contributed by atoms with van der Waals surface area (Å²) in [7, 11) is 0. The van der Waals surface area contributed by atoms with Crippen molar-refractivity contribution in [2.45, 2.75) is 51.0 Å². The quantitative estimate of drug-likeness (QED) is 0.827. The third kappa shape index (κ3) is 3.75. The molecule has 1 unspecified atom stereocenters. The molecule has 0 spiro atoms. The van der Waals surface area contributed by atoms with E-state index in [-0.39, 0.29) is 30.6 Å². The van der Waals surface area contributed by atoms with Crippen molar-refractivity contribution in [3.05, 3.63) is 35.6 Å². The molecule has 1 aliphatic carbocycles. The van der Waals surface area contributed by atoms with Crippen LogP contribution in [0, 0.1) is 11.7 Å². The Labute approximate surface area is 118 Å². The second kappa shape index (κ2) is 6.61. The van der Waals surface area contributed by atoms with Crippen LogP contribution in [0.1, 0.15) is 50.6 Å². The van der Waals surface area contributed by atoms with Gasteiger partial charge in [0.2, 0.25) is 5.92 Å². The zero-order valence-electron chi connectivity index (χ0n) is 11.8. The average molecular weight is 285 g/mol. The molecule has 1 saturated carbocycles. The highest BCUT2D eigenvalue weighted by atomic mass is 19.3. The molecule has 0 radical (unpaired) electrons. The third-order valence-corrected chi connectivity index (χ3v) is 4.09. The average Bonchev–Trinajstić information content (AvgIpc) is 2.42. The number of nitrogens with one attached hydrogen (secondary N) is 1. The van der Waals surface area contributed by atoms with Gasteiger partial charge in [-0.15, -0.1) is 0 Å². The zero-order valence-corrected chi connectivity index (χ0v) is 11.8. The maximum absolute atomic E-state index is 14.0. The molecule has 112 valence electrons. The lowest BCUT2D eigenvalue weighted by atomic mass is 9.79. The first-order valence-corrected chi connectivity index (χ1v) is 7.39. The van der Waals surface area contributed by atoms with Crippen LogP contribution in [-0.4, -0.2) is 12.5 Å². The van der Waals surface area contributed by atoms with Gasteiger partial charge in [0.15, 0.2) is 0 Å². The minimum absolute atomic E-state index is 0.0816. The van der Waals surface area contributed by atoms with Gasteiger partial charge in [0.05, 0.1) is 0 Å². The molecule has 0 heterocycles. The van der Waals surface area contributed by atoms with Crippen LogP contribution in [0.15, 0.2) is 24.3 Å². The summed E-state index contributed by atoms with van der Waals surface area (Å²) >= 11 is 0. The van der Waals surface area contributed by atoms with Gasteiger partial charge in [0.1, 0.15) is 5.82 Å². The summed E-state index contributed by atoms with van der Waals surface area (Å²) in [6, 6.07) is 6.50. The normalized spacial score (nSPS) is 20.8. The minimum atomic E-state index is -2.54. The van der Waals surface area contributed by atoms with Crippen molar-refractivity contribution in [2.24, 2.45) is 5.92 Å². The van der Waals surface area contributed by atoms with Gasteiger partial charge in [0, 0.05) is 24.4 Å². The number of hydrogen-bond donors (Lipinski definition) is 1. The summed E-state index contributed by atoms with van der Waals surface area (Å²) in [5.41, 5.74) is 0.608. The maximum atomic E-state index is 14.0. The molecule has 1 aromatic rings. The van der Waals surface area contributed by atoms with E-state index in [1.165, 1.54) is 6.07 Å². The standard InChI is InChI=1S/C16H22F3N/c1-2-11-20-15(13-5-3-4-6-14(13)17)12-7-9-16(18,19)10-8-12/h3-6,12,15,20H,2,7-11H2,1H3. The highest BCUT2D eigenvalue weighted by molar-refractivity contribution is 5.22. The predicted octanol–water partition coefficient (Wildman–Crippen LogP) is 4.69. The minimum Gasteiger partial charge on any atom is -0.310 e. The van der Waals surface area contributed by atoms with Crippen molar-refractivity contribution in [1.82, 2.24) is 5.32 Å². The fourth-order valence-corrected chi connectivity index (χ4v) is 2.95. The van der Waals surface area contributed by atoms with E-state index in [1.54, 1.807) is 18.2 Å². The molecule has 0 amide bonds. The molecule has 0 aliphatic heterocycles. The van der Waals surface area contributed by atoms with Crippen LogP contribution in [0.25, 0.3) is 0 Å².